The van der Waals surface area contributed by atoms with E-state index in [9.17, 15) is 4.79 Å². The highest BCUT2D eigenvalue weighted by molar-refractivity contribution is 9.10. The molecule has 33 heavy (non-hydrogen) atoms. The number of carbonyl (C=O) groups is 1. The molecule has 0 aliphatic carbocycles. The predicted octanol–water partition coefficient (Wildman–Crippen LogP) is 5.20. The summed E-state index contributed by atoms with van der Waals surface area (Å²) in [6, 6.07) is 23.5. The van der Waals surface area contributed by atoms with E-state index in [0.717, 1.165) is 21.2 Å². The number of halogens is 1. The Labute approximate surface area is 205 Å². The van der Waals surface area contributed by atoms with Gasteiger partial charge in [0.2, 0.25) is 5.91 Å². The Morgan fingerprint density at radius 3 is 2.58 bits per heavy atom. The van der Waals surface area contributed by atoms with Gasteiger partial charge in [-0.25, -0.2) is 0 Å². The summed E-state index contributed by atoms with van der Waals surface area (Å²) in [5, 5.41) is 11.4. The lowest BCUT2D eigenvalue weighted by Gasteiger charge is -2.11. The number of rotatable bonds is 8. The van der Waals surface area contributed by atoms with Crippen LogP contribution in [0.1, 0.15) is 16.7 Å². The molecule has 0 bridgehead atoms. The topological polar surface area (TPSA) is 72.3 Å². The molecule has 3 aromatic rings. The number of nitrogens with zero attached hydrogens (tertiary/aromatic N) is 2. The van der Waals surface area contributed by atoms with Crippen LogP contribution in [0.4, 0.5) is 0 Å². The SMILES string of the molecule is COc1cc(/C=N/N=C2\NC(=O)C(Cc3ccc(Br)cc3)S2)ccc1OCc1ccccc1. The third-order valence-electron chi connectivity index (χ3n) is 4.89. The van der Waals surface area contributed by atoms with E-state index in [-0.39, 0.29) is 11.2 Å². The second kappa shape index (κ2) is 11.2. The average molecular weight is 524 g/mol. The first-order valence-electron chi connectivity index (χ1n) is 10.3. The molecular weight excluding hydrogens is 502 g/mol. The third-order valence-corrected chi connectivity index (χ3v) is 6.49. The first-order chi connectivity index (χ1) is 16.1. The summed E-state index contributed by atoms with van der Waals surface area (Å²) < 4.78 is 12.4. The number of nitrogens with one attached hydrogen (secondary N) is 1. The maximum absolute atomic E-state index is 12.3. The molecule has 1 aliphatic rings. The van der Waals surface area contributed by atoms with Crippen molar-refractivity contribution in [1.29, 1.82) is 0 Å². The molecule has 0 saturated carbocycles. The highest BCUT2D eigenvalue weighted by atomic mass is 79.9. The zero-order valence-corrected chi connectivity index (χ0v) is 20.3. The van der Waals surface area contributed by atoms with E-state index in [1.807, 2.05) is 72.8 Å². The second-order valence-electron chi connectivity index (χ2n) is 7.26. The molecule has 1 heterocycles. The number of benzene rings is 3. The molecule has 1 aliphatic heterocycles. The first-order valence-corrected chi connectivity index (χ1v) is 12.0. The van der Waals surface area contributed by atoms with Gasteiger partial charge in [0.05, 0.1) is 18.6 Å². The minimum absolute atomic E-state index is 0.0570. The van der Waals surface area contributed by atoms with Crippen LogP contribution in [0.25, 0.3) is 0 Å². The molecule has 3 aromatic carbocycles. The summed E-state index contributed by atoms with van der Waals surface area (Å²) in [6.45, 7) is 0.455. The molecular formula is C25H22BrN3O3S. The summed E-state index contributed by atoms with van der Waals surface area (Å²) in [5.41, 5.74) is 2.98. The van der Waals surface area contributed by atoms with E-state index in [1.165, 1.54) is 11.8 Å². The second-order valence-corrected chi connectivity index (χ2v) is 9.37. The van der Waals surface area contributed by atoms with Crippen molar-refractivity contribution in [3.05, 3.63) is 94.0 Å². The zero-order chi connectivity index (χ0) is 23.0. The van der Waals surface area contributed by atoms with Crippen LogP contribution in [0.5, 0.6) is 11.5 Å². The van der Waals surface area contributed by atoms with Crippen LogP contribution in [0.15, 0.2) is 87.5 Å². The van der Waals surface area contributed by atoms with Crippen LogP contribution in [0.3, 0.4) is 0 Å². The van der Waals surface area contributed by atoms with Crippen molar-refractivity contribution in [2.45, 2.75) is 18.3 Å². The molecule has 0 spiro atoms. The number of amides is 1. The fraction of sp³-hybridized carbons (Fsp3) is 0.160. The summed E-state index contributed by atoms with van der Waals surface area (Å²) in [7, 11) is 1.60. The molecule has 0 radical (unpaired) electrons. The molecule has 4 rings (SSSR count). The number of amidine groups is 1. The van der Waals surface area contributed by atoms with Gasteiger partial charge in [0.25, 0.3) is 0 Å². The number of hydrogen-bond donors (Lipinski definition) is 1. The quantitative estimate of drug-likeness (QED) is 0.325. The zero-order valence-electron chi connectivity index (χ0n) is 17.9. The van der Waals surface area contributed by atoms with Gasteiger partial charge in [0.15, 0.2) is 16.7 Å². The van der Waals surface area contributed by atoms with Gasteiger partial charge in [-0.3, -0.25) is 4.79 Å². The van der Waals surface area contributed by atoms with Gasteiger partial charge in [-0.15, -0.1) is 5.10 Å². The lowest BCUT2D eigenvalue weighted by Crippen LogP contribution is -2.25. The summed E-state index contributed by atoms with van der Waals surface area (Å²) in [5.74, 6) is 1.21. The molecule has 1 amide bonds. The lowest BCUT2D eigenvalue weighted by atomic mass is 10.1. The monoisotopic (exact) mass is 523 g/mol. The number of carbonyl (C=O) groups excluding carboxylic acids is 1. The molecule has 6 nitrogen and oxygen atoms in total. The van der Waals surface area contributed by atoms with E-state index >= 15 is 0 Å². The van der Waals surface area contributed by atoms with Crippen LogP contribution < -0.4 is 14.8 Å². The van der Waals surface area contributed by atoms with E-state index in [2.05, 4.69) is 31.4 Å². The van der Waals surface area contributed by atoms with Gasteiger partial charge in [-0.2, -0.15) is 5.10 Å². The van der Waals surface area contributed by atoms with Gasteiger partial charge < -0.3 is 14.8 Å². The van der Waals surface area contributed by atoms with Crippen molar-refractivity contribution in [2.24, 2.45) is 10.2 Å². The Kier molecular flexibility index (Phi) is 7.80. The molecule has 8 heteroatoms. The lowest BCUT2D eigenvalue weighted by molar-refractivity contribution is -0.118. The van der Waals surface area contributed by atoms with Gasteiger partial charge in [-0.1, -0.05) is 70.2 Å². The predicted molar refractivity (Wildman–Crippen MR) is 136 cm³/mol. The Bertz CT molecular complexity index is 1170. The normalized spacial score (nSPS) is 16.8. The van der Waals surface area contributed by atoms with Crippen molar-refractivity contribution in [2.75, 3.05) is 7.11 Å². The first kappa shape index (κ1) is 23.1. The van der Waals surface area contributed by atoms with Crippen LogP contribution in [0, 0.1) is 0 Å². The van der Waals surface area contributed by atoms with E-state index in [0.29, 0.717) is 29.7 Å². The molecule has 168 valence electrons. The van der Waals surface area contributed by atoms with Crippen LogP contribution in [-0.2, 0) is 17.8 Å². The van der Waals surface area contributed by atoms with Gasteiger partial charge in [0, 0.05) is 4.47 Å². The Morgan fingerprint density at radius 2 is 1.82 bits per heavy atom. The molecule has 1 atom stereocenters. The van der Waals surface area contributed by atoms with Crippen molar-refractivity contribution in [3.8, 4) is 11.5 Å². The van der Waals surface area contributed by atoms with Crippen LogP contribution in [0.2, 0.25) is 0 Å². The number of hydrogen-bond acceptors (Lipinski definition) is 6. The standard InChI is InChI=1S/C25H22BrN3O3S/c1-31-22-13-19(9-12-21(22)32-16-18-5-3-2-4-6-18)15-27-29-25-28-24(30)23(33-25)14-17-7-10-20(26)11-8-17/h2-13,15,23H,14,16H2,1H3,(H,28,29,30)/b27-15+. The average Bonchev–Trinajstić information content (AvgIpc) is 3.19. The van der Waals surface area contributed by atoms with Crippen LogP contribution in [-0.4, -0.2) is 29.6 Å². The van der Waals surface area contributed by atoms with Crippen molar-refractivity contribution in [3.63, 3.8) is 0 Å². The highest BCUT2D eigenvalue weighted by Crippen LogP contribution is 2.28. The van der Waals surface area contributed by atoms with E-state index in [1.54, 1.807) is 13.3 Å². The van der Waals surface area contributed by atoms with Gasteiger partial charge in [-0.05, 0) is 53.4 Å². The van der Waals surface area contributed by atoms with Crippen molar-refractivity contribution < 1.29 is 14.3 Å². The minimum atomic E-state index is -0.221. The number of thioether (sulfide) groups is 1. The molecule has 1 N–H and O–H groups in total. The Morgan fingerprint density at radius 1 is 1.03 bits per heavy atom. The maximum atomic E-state index is 12.3. The smallest absolute Gasteiger partial charge is 0.239 e. The Balaban J connectivity index is 1.36. The summed E-state index contributed by atoms with van der Waals surface area (Å²) in [6.07, 6.45) is 2.25. The molecule has 1 unspecified atom stereocenters. The van der Waals surface area contributed by atoms with E-state index < -0.39 is 0 Å². The van der Waals surface area contributed by atoms with Crippen molar-refractivity contribution in [1.82, 2.24) is 5.32 Å². The fourth-order valence-electron chi connectivity index (χ4n) is 3.19. The third kappa shape index (κ3) is 6.46. The maximum Gasteiger partial charge on any atom is 0.239 e. The summed E-state index contributed by atoms with van der Waals surface area (Å²) in [4.78, 5) is 12.3. The summed E-state index contributed by atoms with van der Waals surface area (Å²) >= 11 is 4.81. The van der Waals surface area contributed by atoms with Crippen LogP contribution >= 0.6 is 27.7 Å². The highest BCUT2D eigenvalue weighted by Gasteiger charge is 2.30. The van der Waals surface area contributed by atoms with E-state index in [4.69, 9.17) is 9.47 Å². The number of ether oxygens (including phenoxy) is 2. The molecule has 1 saturated heterocycles. The van der Waals surface area contributed by atoms with Gasteiger partial charge >= 0.3 is 0 Å². The molecule has 1 fully saturated rings. The number of methoxy groups -OCH3 is 1. The van der Waals surface area contributed by atoms with Gasteiger partial charge in [0.1, 0.15) is 6.61 Å². The fourth-order valence-corrected chi connectivity index (χ4v) is 4.42. The molecule has 0 aromatic heterocycles. The minimum Gasteiger partial charge on any atom is -0.493 e. The Hall–Kier alpha value is -3.10. The van der Waals surface area contributed by atoms with Crippen molar-refractivity contribution >= 4 is 45.0 Å². The largest absolute Gasteiger partial charge is 0.493 e.